The number of piperidine rings is 1. The number of H-pyrrole nitrogens is 1. The highest BCUT2D eigenvalue weighted by atomic mass is 35.5. The highest BCUT2D eigenvalue weighted by molar-refractivity contribution is 6.31. The van der Waals surface area contributed by atoms with Crippen LogP contribution in [0, 0.1) is 5.82 Å². The Labute approximate surface area is 145 Å². The summed E-state index contributed by atoms with van der Waals surface area (Å²) in [6.45, 7) is 2.41. The van der Waals surface area contributed by atoms with Gasteiger partial charge in [-0.1, -0.05) is 29.8 Å². The first-order valence-electron chi connectivity index (χ1n) is 8.30. The maximum Gasteiger partial charge on any atom is 0.129 e. The van der Waals surface area contributed by atoms with Crippen LogP contribution in [0.15, 0.2) is 42.5 Å². The Balaban J connectivity index is 1.43. The number of aromatic nitrogens is 2. The molecule has 0 aliphatic carbocycles. The standard InChI is InChI=1S/C19H19ClFN3/c20-15-4-3-5-16(21)14(15)12-24-10-8-13(9-11-24)19-22-17-6-1-2-7-18(17)23-19/h1-7,13H,8-12H2,(H,22,23). The molecule has 4 rings (SSSR count). The van der Waals surface area contributed by atoms with Crippen LogP contribution in [-0.4, -0.2) is 28.0 Å². The highest BCUT2D eigenvalue weighted by Gasteiger charge is 2.24. The van der Waals surface area contributed by atoms with E-state index in [1.54, 1.807) is 12.1 Å². The van der Waals surface area contributed by atoms with Gasteiger partial charge in [-0.3, -0.25) is 4.90 Å². The Morgan fingerprint density at radius 3 is 2.67 bits per heavy atom. The molecule has 1 aliphatic rings. The van der Waals surface area contributed by atoms with E-state index in [4.69, 9.17) is 16.6 Å². The smallest absolute Gasteiger partial charge is 0.129 e. The molecule has 2 aromatic carbocycles. The molecule has 1 aromatic heterocycles. The number of aromatic amines is 1. The molecule has 0 unspecified atom stereocenters. The second-order valence-corrected chi connectivity index (χ2v) is 6.80. The predicted octanol–water partition coefficient (Wildman–Crippen LogP) is 4.74. The maximum atomic E-state index is 13.9. The predicted molar refractivity (Wildman–Crippen MR) is 94.8 cm³/mol. The zero-order valence-corrected chi connectivity index (χ0v) is 14.1. The number of imidazole rings is 1. The van der Waals surface area contributed by atoms with Crippen LogP contribution in [0.5, 0.6) is 0 Å². The first kappa shape index (κ1) is 15.6. The van der Waals surface area contributed by atoms with Crippen molar-refractivity contribution in [1.29, 1.82) is 0 Å². The van der Waals surface area contributed by atoms with Gasteiger partial charge in [0.1, 0.15) is 11.6 Å². The molecular formula is C19H19ClFN3. The van der Waals surface area contributed by atoms with Crippen LogP contribution in [0.4, 0.5) is 4.39 Å². The molecular weight excluding hydrogens is 325 g/mol. The molecule has 0 radical (unpaired) electrons. The van der Waals surface area contributed by atoms with Gasteiger partial charge in [-0.15, -0.1) is 0 Å². The monoisotopic (exact) mass is 343 g/mol. The fraction of sp³-hybridized carbons (Fsp3) is 0.316. The summed E-state index contributed by atoms with van der Waals surface area (Å²) in [6.07, 6.45) is 2.04. The van der Waals surface area contributed by atoms with E-state index < -0.39 is 0 Å². The minimum absolute atomic E-state index is 0.220. The van der Waals surface area contributed by atoms with Crippen LogP contribution >= 0.6 is 11.6 Å². The Hall–Kier alpha value is -1.91. The average molecular weight is 344 g/mol. The molecule has 24 heavy (non-hydrogen) atoms. The van der Waals surface area contributed by atoms with Crippen molar-refractivity contribution >= 4 is 22.6 Å². The Morgan fingerprint density at radius 2 is 1.92 bits per heavy atom. The van der Waals surface area contributed by atoms with E-state index in [0.717, 1.165) is 42.8 Å². The third-order valence-corrected chi connectivity index (χ3v) is 5.18. The SMILES string of the molecule is Fc1cccc(Cl)c1CN1CCC(c2nc3ccccc3[nH]2)CC1. The second-order valence-electron chi connectivity index (χ2n) is 6.39. The van der Waals surface area contributed by atoms with Gasteiger partial charge >= 0.3 is 0 Å². The zero-order chi connectivity index (χ0) is 16.5. The molecule has 0 bridgehead atoms. The number of para-hydroxylation sites is 2. The topological polar surface area (TPSA) is 31.9 Å². The Kier molecular flexibility index (Phi) is 4.25. The van der Waals surface area contributed by atoms with Gasteiger partial charge in [-0.05, 0) is 50.2 Å². The summed E-state index contributed by atoms with van der Waals surface area (Å²) in [5.74, 6) is 1.28. The number of nitrogens with one attached hydrogen (secondary N) is 1. The summed E-state index contributed by atoms with van der Waals surface area (Å²) in [5, 5.41) is 0.509. The van der Waals surface area contributed by atoms with Crippen molar-refractivity contribution in [2.75, 3.05) is 13.1 Å². The second kappa shape index (κ2) is 6.54. The fourth-order valence-corrected chi connectivity index (χ4v) is 3.66. The van der Waals surface area contributed by atoms with E-state index in [9.17, 15) is 4.39 Å². The number of nitrogens with zero attached hydrogens (tertiary/aromatic N) is 2. The van der Waals surface area contributed by atoms with E-state index in [1.165, 1.54) is 6.07 Å². The lowest BCUT2D eigenvalue weighted by Gasteiger charge is -2.31. The lowest BCUT2D eigenvalue weighted by molar-refractivity contribution is 0.200. The van der Waals surface area contributed by atoms with Gasteiger partial charge in [0.25, 0.3) is 0 Å². The molecule has 5 heteroatoms. The zero-order valence-electron chi connectivity index (χ0n) is 13.3. The van der Waals surface area contributed by atoms with Crippen LogP contribution in [0.1, 0.15) is 30.1 Å². The minimum Gasteiger partial charge on any atom is -0.342 e. The lowest BCUT2D eigenvalue weighted by Crippen LogP contribution is -2.33. The van der Waals surface area contributed by atoms with Gasteiger partial charge in [0.05, 0.1) is 11.0 Å². The number of halogens is 2. The molecule has 0 amide bonds. The van der Waals surface area contributed by atoms with E-state index in [-0.39, 0.29) is 5.82 Å². The maximum absolute atomic E-state index is 13.9. The van der Waals surface area contributed by atoms with Gasteiger partial charge < -0.3 is 4.98 Å². The van der Waals surface area contributed by atoms with Crippen LogP contribution in [0.25, 0.3) is 11.0 Å². The summed E-state index contributed by atoms with van der Waals surface area (Å²) in [4.78, 5) is 10.4. The molecule has 124 valence electrons. The normalized spacial score (nSPS) is 16.8. The van der Waals surface area contributed by atoms with E-state index in [1.807, 2.05) is 18.2 Å². The number of fused-ring (bicyclic) bond motifs is 1. The van der Waals surface area contributed by atoms with Crippen LogP contribution in [0.3, 0.4) is 0 Å². The van der Waals surface area contributed by atoms with Crippen LogP contribution in [-0.2, 0) is 6.54 Å². The number of likely N-dealkylation sites (tertiary alicyclic amines) is 1. The lowest BCUT2D eigenvalue weighted by atomic mass is 9.96. The van der Waals surface area contributed by atoms with Crippen molar-refractivity contribution in [2.45, 2.75) is 25.3 Å². The van der Waals surface area contributed by atoms with Crippen molar-refractivity contribution in [1.82, 2.24) is 14.9 Å². The molecule has 1 aliphatic heterocycles. The van der Waals surface area contributed by atoms with Crippen molar-refractivity contribution in [3.05, 3.63) is 64.7 Å². The quantitative estimate of drug-likeness (QED) is 0.745. The molecule has 1 saturated heterocycles. The van der Waals surface area contributed by atoms with Gasteiger partial charge in [-0.2, -0.15) is 0 Å². The van der Waals surface area contributed by atoms with E-state index in [2.05, 4.69) is 16.0 Å². The summed E-state index contributed by atoms with van der Waals surface area (Å²) >= 11 is 6.14. The van der Waals surface area contributed by atoms with Crippen molar-refractivity contribution in [2.24, 2.45) is 0 Å². The van der Waals surface area contributed by atoms with Crippen LogP contribution in [0.2, 0.25) is 5.02 Å². The number of hydrogen-bond donors (Lipinski definition) is 1. The largest absolute Gasteiger partial charge is 0.342 e. The van der Waals surface area contributed by atoms with Gasteiger partial charge in [0.15, 0.2) is 0 Å². The summed E-state index contributed by atoms with van der Waals surface area (Å²) < 4.78 is 13.9. The first-order valence-corrected chi connectivity index (χ1v) is 8.68. The van der Waals surface area contributed by atoms with Crippen molar-refractivity contribution in [3.63, 3.8) is 0 Å². The van der Waals surface area contributed by atoms with Gasteiger partial charge in [0, 0.05) is 23.0 Å². The van der Waals surface area contributed by atoms with Gasteiger partial charge in [-0.25, -0.2) is 9.37 Å². The molecule has 2 heterocycles. The molecule has 1 N–H and O–H groups in total. The van der Waals surface area contributed by atoms with E-state index in [0.29, 0.717) is 23.0 Å². The van der Waals surface area contributed by atoms with Crippen molar-refractivity contribution < 1.29 is 4.39 Å². The Bertz CT molecular complexity index is 799. The summed E-state index contributed by atoms with van der Waals surface area (Å²) in [5.41, 5.74) is 2.71. The van der Waals surface area contributed by atoms with E-state index >= 15 is 0 Å². The third kappa shape index (κ3) is 3.04. The average Bonchev–Trinajstić information content (AvgIpc) is 3.03. The Morgan fingerprint density at radius 1 is 1.12 bits per heavy atom. The van der Waals surface area contributed by atoms with Crippen LogP contribution < -0.4 is 0 Å². The number of benzene rings is 2. The highest BCUT2D eigenvalue weighted by Crippen LogP contribution is 2.29. The van der Waals surface area contributed by atoms with Crippen molar-refractivity contribution in [3.8, 4) is 0 Å². The molecule has 1 fully saturated rings. The minimum atomic E-state index is -0.220. The summed E-state index contributed by atoms with van der Waals surface area (Å²) in [6, 6.07) is 13.0. The molecule has 3 nitrogen and oxygen atoms in total. The molecule has 0 saturated carbocycles. The summed E-state index contributed by atoms with van der Waals surface area (Å²) in [7, 11) is 0. The first-order chi connectivity index (χ1) is 11.7. The number of hydrogen-bond acceptors (Lipinski definition) is 2. The molecule has 0 atom stereocenters. The molecule has 0 spiro atoms. The number of rotatable bonds is 3. The third-order valence-electron chi connectivity index (χ3n) is 4.83. The molecule has 3 aromatic rings. The van der Waals surface area contributed by atoms with Gasteiger partial charge in [0.2, 0.25) is 0 Å². The fourth-order valence-electron chi connectivity index (χ4n) is 3.44.